The van der Waals surface area contributed by atoms with Crippen LogP contribution < -0.4 is 5.32 Å². The molecule has 3 rings (SSSR count). The number of nitrogens with zero attached hydrogens (tertiary/aromatic N) is 2. The van der Waals surface area contributed by atoms with Gasteiger partial charge in [0, 0.05) is 18.8 Å². The molecule has 0 amide bonds. The van der Waals surface area contributed by atoms with Crippen LogP contribution in [0.4, 0.5) is 0 Å². The summed E-state index contributed by atoms with van der Waals surface area (Å²) >= 11 is 0. The number of para-hydroxylation sites is 2. The molecular weight excluding hydrogens is 262 g/mol. The fourth-order valence-corrected chi connectivity index (χ4v) is 2.36. The summed E-state index contributed by atoms with van der Waals surface area (Å²) in [6.45, 7) is 3.14. The van der Waals surface area contributed by atoms with Gasteiger partial charge in [-0.2, -0.15) is 0 Å². The van der Waals surface area contributed by atoms with Gasteiger partial charge in [-0.3, -0.25) is 4.57 Å². The molecule has 0 saturated heterocycles. The average Bonchev–Trinajstić information content (AvgIpc) is 2.92. The van der Waals surface area contributed by atoms with Gasteiger partial charge in [0.05, 0.1) is 17.1 Å². The van der Waals surface area contributed by atoms with E-state index in [9.17, 15) is 5.11 Å². The summed E-state index contributed by atoms with van der Waals surface area (Å²) in [5, 5.41) is 12.4. The van der Waals surface area contributed by atoms with Crippen molar-refractivity contribution in [3.8, 4) is 5.69 Å². The number of aliphatic hydroxyl groups is 1. The second-order valence-electron chi connectivity index (χ2n) is 5.25. The maximum Gasteiger partial charge on any atom is 0.100 e. The van der Waals surface area contributed by atoms with Gasteiger partial charge in [-0.25, -0.2) is 4.98 Å². The second kappa shape index (κ2) is 6.08. The molecule has 2 aromatic carbocycles. The van der Waals surface area contributed by atoms with Gasteiger partial charge in [-0.1, -0.05) is 24.3 Å². The Hall–Kier alpha value is -2.17. The lowest BCUT2D eigenvalue weighted by Crippen LogP contribution is -2.23. The van der Waals surface area contributed by atoms with E-state index in [2.05, 4.69) is 45.2 Å². The Kier molecular flexibility index (Phi) is 3.99. The van der Waals surface area contributed by atoms with E-state index in [4.69, 9.17) is 0 Å². The minimum atomic E-state index is -0.318. The number of hydrogen-bond donors (Lipinski definition) is 2. The number of aromatic nitrogens is 2. The predicted molar refractivity (Wildman–Crippen MR) is 84.5 cm³/mol. The van der Waals surface area contributed by atoms with Crippen molar-refractivity contribution in [3.63, 3.8) is 0 Å². The van der Waals surface area contributed by atoms with Crippen LogP contribution in [0.2, 0.25) is 0 Å². The molecule has 0 fully saturated rings. The molecule has 4 nitrogen and oxygen atoms in total. The summed E-state index contributed by atoms with van der Waals surface area (Å²) in [5.74, 6) is 0. The molecule has 108 valence electrons. The Bertz CT molecular complexity index is 716. The van der Waals surface area contributed by atoms with Gasteiger partial charge in [-0.15, -0.1) is 0 Å². The number of nitrogens with one attached hydrogen (secondary N) is 1. The summed E-state index contributed by atoms with van der Waals surface area (Å²) in [5.41, 5.74) is 4.41. The third-order valence-electron chi connectivity index (χ3n) is 3.44. The highest BCUT2D eigenvalue weighted by Crippen LogP contribution is 2.18. The van der Waals surface area contributed by atoms with Crippen molar-refractivity contribution < 1.29 is 5.11 Å². The normalized spacial score (nSPS) is 12.7. The Balaban J connectivity index is 1.78. The van der Waals surface area contributed by atoms with Crippen molar-refractivity contribution >= 4 is 11.0 Å². The van der Waals surface area contributed by atoms with E-state index >= 15 is 0 Å². The fourth-order valence-electron chi connectivity index (χ4n) is 2.36. The zero-order chi connectivity index (χ0) is 14.7. The minimum absolute atomic E-state index is 0.318. The van der Waals surface area contributed by atoms with Crippen LogP contribution in [0.3, 0.4) is 0 Å². The highest BCUT2D eigenvalue weighted by molar-refractivity contribution is 5.77. The highest BCUT2D eigenvalue weighted by atomic mass is 16.3. The van der Waals surface area contributed by atoms with E-state index in [1.54, 1.807) is 6.92 Å². The van der Waals surface area contributed by atoms with Gasteiger partial charge in [0.2, 0.25) is 0 Å². The molecule has 0 aliphatic carbocycles. The summed E-state index contributed by atoms with van der Waals surface area (Å²) < 4.78 is 2.09. The Morgan fingerprint density at radius 2 is 1.90 bits per heavy atom. The van der Waals surface area contributed by atoms with Crippen LogP contribution in [0.25, 0.3) is 16.7 Å². The topological polar surface area (TPSA) is 50.1 Å². The van der Waals surface area contributed by atoms with Crippen LogP contribution >= 0.6 is 0 Å². The molecule has 21 heavy (non-hydrogen) atoms. The van der Waals surface area contributed by atoms with Crippen LogP contribution in [-0.2, 0) is 6.54 Å². The zero-order valence-corrected chi connectivity index (χ0v) is 12.0. The second-order valence-corrected chi connectivity index (χ2v) is 5.25. The van der Waals surface area contributed by atoms with Gasteiger partial charge >= 0.3 is 0 Å². The largest absolute Gasteiger partial charge is 0.392 e. The lowest BCUT2D eigenvalue weighted by molar-refractivity contribution is 0.191. The Labute approximate surface area is 124 Å². The van der Waals surface area contributed by atoms with Gasteiger partial charge in [0.25, 0.3) is 0 Å². The third-order valence-corrected chi connectivity index (χ3v) is 3.44. The molecule has 0 saturated carbocycles. The van der Waals surface area contributed by atoms with E-state index in [1.807, 2.05) is 24.5 Å². The van der Waals surface area contributed by atoms with Crippen molar-refractivity contribution in [2.75, 3.05) is 6.54 Å². The first-order valence-electron chi connectivity index (χ1n) is 7.14. The number of hydrogen-bond acceptors (Lipinski definition) is 3. The van der Waals surface area contributed by atoms with E-state index in [0.29, 0.717) is 6.54 Å². The highest BCUT2D eigenvalue weighted by Gasteiger charge is 2.03. The smallest absolute Gasteiger partial charge is 0.100 e. The molecule has 1 aromatic heterocycles. The van der Waals surface area contributed by atoms with Crippen molar-refractivity contribution in [1.29, 1.82) is 0 Å². The predicted octanol–water partition coefficient (Wildman–Crippen LogP) is 2.50. The van der Waals surface area contributed by atoms with Crippen molar-refractivity contribution in [1.82, 2.24) is 14.9 Å². The standard InChI is InChI=1S/C17H19N3O/c1-13(21)10-18-11-14-6-8-15(9-7-14)20-12-19-16-4-2-3-5-17(16)20/h2-9,12-13,18,21H,10-11H2,1H3. The van der Waals surface area contributed by atoms with Crippen LogP contribution in [0.5, 0.6) is 0 Å². The summed E-state index contributed by atoms with van der Waals surface area (Å²) in [4.78, 5) is 4.41. The lowest BCUT2D eigenvalue weighted by atomic mass is 10.2. The number of fused-ring (bicyclic) bond motifs is 1. The number of imidazole rings is 1. The van der Waals surface area contributed by atoms with Gasteiger partial charge in [0.15, 0.2) is 0 Å². The number of benzene rings is 2. The summed E-state index contributed by atoms with van der Waals surface area (Å²) in [6, 6.07) is 16.5. The molecule has 0 aliphatic rings. The van der Waals surface area contributed by atoms with Crippen molar-refractivity contribution in [3.05, 3.63) is 60.4 Å². The molecule has 4 heteroatoms. The quantitative estimate of drug-likeness (QED) is 0.755. The van der Waals surface area contributed by atoms with Gasteiger partial charge in [0.1, 0.15) is 6.33 Å². The van der Waals surface area contributed by atoms with Gasteiger partial charge < -0.3 is 10.4 Å². The first-order chi connectivity index (χ1) is 10.2. The molecule has 1 unspecified atom stereocenters. The number of rotatable bonds is 5. The molecule has 1 atom stereocenters. The van der Waals surface area contributed by atoms with Crippen molar-refractivity contribution in [2.45, 2.75) is 19.6 Å². The number of aliphatic hydroxyl groups excluding tert-OH is 1. The van der Waals surface area contributed by atoms with Crippen LogP contribution in [-0.4, -0.2) is 27.3 Å². The van der Waals surface area contributed by atoms with E-state index in [-0.39, 0.29) is 6.10 Å². The summed E-state index contributed by atoms with van der Waals surface area (Å²) in [7, 11) is 0. The first-order valence-corrected chi connectivity index (χ1v) is 7.14. The molecule has 0 bridgehead atoms. The molecule has 2 N–H and O–H groups in total. The molecule has 1 heterocycles. The lowest BCUT2D eigenvalue weighted by Gasteiger charge is -2.08. The summed E-state index contributed by atoms with van der Waals surface area (Å²) in [6.07, 6.45) is 1.53. The third kappa shape index (κ3) is 3.12. The molecular formula is C17H19N3O. The van der Waals surface area contributed by atoms with Gasteiger partial charge in [-0.05, 0) is 36.8 Å². The maximum absolute atomic E-state index is 9.23. The fraction of sp³-hybridized carbons (Fsp3) is 0.235. The van der Waals surface area contributed by atoms with Crippen LogP contribution in [0.15, 0.2) is 54.9 Å². The molecule has 0 radical (unpaired) electrons. The van der Waals surface area contributed by atoms with Crippen molar-refractivity contribution in [2.24, 2.45) is 0 Å². The monoisotopic (exact) mass is 281 g/mol. The van der Waals surface area contributed by atoms with E-state index < -0.39 is 0 Å². The maximum atomic E-state index is 9.23. The SMILES string of the molecule is CC(O)CNCc1ccc(-n2cnc3ccccc32)cc1. The van der Waals surface area contributed by atoms with Crippen LogP contribution in [0, 0.1) is 0 Å². The Morgan fingerprint density at radius 3 is 2.67 bits per heavy atom. The molecule has 3 aromatic rings. The van der Waals surface area contributed by atoms with Crippen LogP contribution in [0.1, 0.15) is 12.5 Å². The minimum Gasteiger partial charge on any atom is -0.392 e. The molecule has 0 spiro atoms. The molecule has 0 aliphatic heterocycles. The van der Waals surface area contributed by atoms with E-state index in [1.165, 1.54) is 5.56 Å². The zero-order valence-electron chi connectivity index (χ0n) is 12.0. The Morgan fingerprint density at radius 1 is 1.14 bits per heavy atom. The average molecular weight is 281 g/mol. The first kappa shape index (κ1) is 13.8. The van der Waals surface area contributed by atoms with E-state index in [0.717, 1.165) is 23.3 Å².